The van der Waals surface area contributed by atoms with Crippen molar-refractivity contribution in [3.8, 4) is 0 Å². The van der Waals surface area contributed by atoms with Gasteiger partial charge in [-0.1, -0.05) is 53.0 Å². The number of nitrogens with one attached hydrogen (secondary N) is 2. The van der Waals surface area contributed by atoms with E-state index in [1.54, 1.807) is 18.3 Å². The summed E-state index contributed by atoms with van der Waals surface area (Å²) in [7, 11) is 0. The highest BCUT2D eigenvalue weighted by atomic mass is 35.5. The minimum Gasteiger partial charge on any atom is -0.361 e. The molecule has 0 unspecified atom stereocenters. The van der Waals surface area contributed by atoms with Crippen LogP contribution in [-0.2, 0) is 0 Å². The van der Waals surface area contributed by atoms with Crippen LogP contribution in [0.25, 0.3) is 10.9 Å². The molecule has 0 amide bonds. The van der Waals surface area contributed by atoms with Crippen LogP contribution in [0.3, 0.4) is 0 Å². The molecule has 0 bridgehead atoms. The molecule has 106 valence electrons. The fourth-order valence-electron chi connectivity index (χ4n) is 2.02. The maximum Gasteiger partial charge on any atom is 0.0935 e. The first kappa shape index (κ1) is 14.3. The molecule has 2 aromatic carbocycles. The summed E-state index contributed by atoms with van der Waals surface area (Å²) in [5.41, 5.74) is 5.40. The van der Waals surface area contributed by atoms with E-state index < -0.39 is 0 Å². The Balaban J connectivity index is 1.85. The number of para-hydroxylation sites is 1. The van der Waals surface area contributed by atoms with Crippen molar-refractivity contribution in [1.82, 2.24) is 4.98 Å². The standard InChI is InChI=1S/C15H10Cl3N3/c16-10-5-12(17)15(13(18)6-10)21-20-8-9-7-19-14-4-2-1-3-11(9)14/h1-8,19,21H. The molecule has 3 rings (SSSR count). The highest BCUT2D eigenvalue weighted by molar-refractivity contribution is 6.41. The maximum atomic E-state index is 6.08. The molecule has 0 spiro atoms. The third kappa shape index (κ3) is 3.00. The second kappa shape index (κ2) is 5.98. The van der Waals surface area contributed by atoms with E-state index in [0.717, 1.165) is 16.5 Å². The summed E-state index contributed by atoms with van der Waals surface area (Å²) < 4.78 is 0. The van der Waals surface area contributed by atoms with E-state index in [1.165, 1.54) is 0 Å². The largest absolute Gasteiger partial charge is 0.361 e. The van der Waals surface area contributed by atoms with Crippen LogP contribution in [0.2, 0.25) is 15.1 Å². The lowest BCUT2D eigenvalue weighted by Crippen LogP contribution is -1.92. The number of rotatable bonds is 3. The van der Waals surface area contributed by atoms with Gasteiger partial charge in [-0.25, -0.2) is 0 Å². The zero-order valence-corrected chi connectivity index (χ0v) is 13.0. The molecule has 2 N–H and O–H groups in total. The lowest BCUT2D eigenvalue weighted by molar-refractivity contribution is 1.35. The highest BCUT2D eigenvalue weighted by Gasteiger charge is 2.06. The van der Waals surface area contributed by atoms with E-state index in [1.807, 2.05) is 30.5 Å². The number of H-pyrrole nitrogens is 1. The molecule has 3 aromatic rings. The fraction of sp³-hybridized carbons (Fsp3) is 0. The molecule has 6 heteroatoms. The Bertz CT molecular complexity index is 801. The van der Waals surface area contributed by atoms with Crippen LogP contribution in [0, 0.1) is 0 Å². The predicted molar refractivity (Wildman–Crippen MR) is 91.0 cm³/mol. The first-order valence-corrected chi connectivity index (χ1v) is 7.28. The molecule has 21 heavy (non-hydrogen) atoms. The van der Waals surface area contributed by atoms with Crippen LogP contribution >= 0.6 is 34.8 Å². The van der Waals surface area contributed by atoms with Crippen molar-refractivity contribution >= 4 is 57.6 Å². The number of nitrogens with zero attached hydrogens (tertiary/aromatic N) is 1. The van der Waals surface area contributed by atoms with Crippen LogP contribution in [0.4, 0.5) is 5.69 Å². The number of hydrogen-bond donors (Lipinski definition) is 2. The Morgan fingerprint density at radius 3 is 2.52 bits per heavy atom. The summed E-state index contributed by atoms with van der Waals surface area (Å²) in [6.45, 7) is 0. The second-order valence-corrected chi connectivity index (χ2v) is 5.65. The Kier molecular flexibility index (Phi) is 4.06. The minimum absolute atomic E-state index is 0.420. The van der Waals surface area contributed by atoms with Gasteiger partial charge in [-0.05, 0) is 18.2 Å². The van der Waals surface area contributed by atoms with Gasteiger partial charge in [0.2, 0.25) is 0 Å². The summed E-state index contributed by atoms with van der Waals surface area (Å²) in [5, 5.41) is 6.59. The smallest absolute Gasteiger partial charge is 0.0935 e. The van der Waals surface area contributed by atoms with Crippen molar-refractivity contribution in [3.63, 3.8) is 0 Å². The number of anilines is 1. The van der Waals surface area contributed by atoms with Gasteiger partial charge < -0.3 is 4.98 Å². The maximum absolute atomic E-state index is 6.08. The van der Waals surface area contributed by atoms with Gasteiger partial charge in [-0.2, -0.15) is 5.10 Å². The molecule has 0 aliphatic rings. The van der Waals surface area contributed by atoms with E-state index >= 15 is 0 Å². The predicted octanol–water partition coefficient (Wildman–Crippen LogP) is 5.57. The quantitative estimate of drug-likeness (QED) is 0.475. The molecule has 0 aliphatic carbocycles. The topological polar surface area (TPSA) is 40.2 Å². The van der Waals surface area contributed by atoms with Crippen molar-refractivity contribution < 1.29 is 0 Å². The third-order valence-electron chi connectivity index (χ3n) is 3.01. The van der Waals surface area contributed by atoms with E-state index in [2.05, 4.69) is 15.5 Å². The monoisotopic (exact) mass is 337 g/mol. The average molecular weight is 339 g/mol. The van der Waals surface area contributed by atoms with Crippen LogP contribution in [0.1, 0.15) is 5.56 Å². The Labute approximate surface area is 136 Å². The molecular weight excluding hydrogens is 329 g/mol. The molecule has 1 heterocycles. The molecule has 0 radical (unpaired) electrons. The van der Waals surface area contributed by atoms with Crippen molar-refractivity contribution in [1.29, 1.82) is 0 Å². The van der Waals surface area contributed by atoms with Crippen molar-refractivity contribution in [2.45, 2.75) is 0 Å². The normalized spacial score (nSPS) is 11.4. The summed E-state index contributed by atoms with van der Waals surface area (Å²) >= 11 is 18.0. The van der Waals surface area contributed by atoms with E-state index in [0.29, 0.717) is 20.8 Å². The zero-order chi connectivity index (χ0) is 14.8. The average Bonchev–Trinajstić information content (AvgIpc) is 2.85. The van der Waals surface area contributed by atoms with E-state index in [9.17, 15) is 0 Å². The zero-order valence-electron chi connectivity index (χ0n) is 10.7. The molecule has 1 aromatic heterocycles. The van der Waals surface area contributed by atoms with Gasteiger partial charge in [-0.3, -0.25) is 5.43 Å². The van der Waals surface area contributed by atoms with Gasteiger partial charge in [0.05, 0.1) is 21.9 Å². The summed E-state index contributed by atoms with van der Waals surface area (Å²) in [4.78, 5) is 3.18. The van der Waals surface area contributed by atoms with Gasteiger partial charge in [0.15, 0.2) is 0 Å². The van der Waals surface area contributed by atoms with Gasteiger partial charge in [-0.15, -0.1) is 0 Å². The Hall–Kier alpha value is -1.68. The van der Waals surface area contributed by atoms with E-state index in [-0.39, 0.29) is 0 Å². The van der Waals surface area contributed by atoms with Gasteiger partial charge >= 0.3 is 0 Å². The molecule has 0 aliphatic heterocycles. The van der Waals surface area contributed by atoms with E-state index in [4.69, 9.17) is 34.8 Å². The molecule has 0 saturated heterocycles. The highest BCUT2D eigenvalue weighted by Crippen LogP contribution is 2.33. The molecule has 0 atom stereocenters. The SMILES string of the molecule is Clc1cc(Cl)c(NN=Cc2c[nH]c3ccccc23)c(Cl)c1. The summed E-state index contributed by atoms with van der Waals surface area (Å²) in [6, 6.07) is 11.2. The molecule has 0 fully saturated rings. The Morgan fingerprint density at radius 2 is 1.76 bits per heavy atom. The van der Waals surface area contributed by atoms with Crippen LogP contribution in [0.15, 0.2) is 47.7 Å². The van der Waals surface area contributed by atoms with Gasteiger partial charge in [0.25, 0.3) is 0 Å². The van der Waals surface area contributed by atoms with Crippen molar-refractivity contribution in [2.24, 2.45) is 5.10 Å². The number of aromatic nitrogens is 1. The molecule has 0 saturated carbocycles. The van der Waals surface area contributed by atoms with Crippen LogP contribution in [0.5, 0.6) is 0 Å². The number of aromatic amines is 1. The molecular formula is C15H10Cl3N3. The number of fused-ring (bicyclic) bond motifs is 1. The first-order chi connectivity index (χ1) is 10.1. The van der Waals surface area contributed by atoms with Gasteiger partial charge in [0.1, 0.15) is 0 Å². The fourth-order valence-corrected chi connectivity index (χ4v) is 2.92. The lowest BCUT2D eigenvalue weighted by Gasteiger charge is -2.06. The number of halogens is 3. The first-order valence-electron chi connectivity index (χ1n) is 6.15. The second-order valence-electron chi connectivity index (χ2n) is 4.40. The number of hydrazone groups is 1. The van der Waals surface area contributed by atoms with Crippen LogP contribution in [-0.4, -0.2) is 11.2 Å². The van der Waals surface area contributed by atoms with Crippen molar-refractivity contribution in [2.75, 3.05) is 5.43 Å². The minimum atomic E-state index is 0.420. The number of hydrogen-bond acceptors (Lipinski definition) is 2. The molecule has 3 nitrogen and oxygen atoms in total. The van der Waals surface area contributed by atoms with Crippen LogP contribution < -0.4 is 5.43 Å². The third-order valence-corrected chi connectivity index (χ3v) is 3.82. The van der Waals surface area contributed by atoms with Gasteiger partial charge in [0, 0.05) is 27.7 Å². The summed E-state index contributed by atoms with van der Waals surface area (Å²) in [6.07, 6.45) is 3.60. The summed E-state index contributed by atoms with van der Waals surface area (Å²) in [5.74, 6) is 0. The number of benzene rings is 2. The lowest BCUT2D eigenvalue weighted by atomic mass is 10.2. The van der Waals surface area contributed by atoms with Crippen molar-refractivity contribution in [3.05, 3.63) is 63.2 Å². The Morgan fingerprint density at radius 1 is 1.05 bits per heavy atom.